The normalized spacial score (nSPS) is 23.5. The van der Waals surface area contributed by atoms with Crippen molar-refractivity contribution >= 4 is 0 Å². The molecule has 11 heavy (non-hydrogen) atoms. The average molecular weight is 156 g/mol. The first-order valence-electron chi connectivity index (χ1n) is 4.84. The molecule has 1 aliphatic heterocycles. The van der Waals surface area contributed by atoms with Crippen LogP contribution in [0.3, 0.4) is 0 Å². The number of nitrogens with two attached hydrogens (primary N) is 1. The third-order valence-corrected chi connectivity index (χ3v) is 2.44. The summed E-state index contributed by atoms with van der Waals surface area (Å²) >= 11 is 0. The third-order valence-electron chi connectivity index (χ3n) is 2.44. The van der Waals surface area contributed by atoms with Crippen molar-refractivity contribution < 1.29 is 0 Å². The van der Waals surface area contributed by atoms with Gasteiger partial charge in [0.1, 0.15) is 0 Å². The average Bonchev–Trinajstić information content (AvgIpc) is 2.07. The van der Waals surface area contributed by atoms with E-state index >= 15 is 0 Å². The maximum Gasteiger partial charge on any atom is 0.0571 e. The fourth-order valence-electron chi connectivity index (χ4n) is 1.73. The Morgan fingerprint density at radius 2 is 1.91 bits per heavy atom. The fourth-order valence-corrected chi connectivity index (χ4v) is 1.73. The number of piperidine rings is 1. The largest absolute Gasteiger partial charge is 0.316 e. The first-order valence-corrected chi connectivity index (χ1v) is 4.84. The maximum absolute atomic E-state index is 5.98. The molecular formula is C9H20N2. The highest BCUT2D eigenvalue weighted by Gasteiger charge is 2.15. The van der Waals surface area contributed by atoms with E-state index in [1.807, 2.05) is 0 Å². The Bertz CT molecular complexity index is 97.7. The van der Waals surface area contributed by atoms with Crippen LogP contribution in [-0.4, -0.2) is 24.2 Å². The van der Waals surface area contributed by atoms with E-state index in [1.54, 1.807) is 0 Å². The lowest BCUT2D eigenvalue weighted by Crippen LogP contribution is -2.44. The van der Waals surface area contributed by atoms with Gasteiger partial charge in [-0.15, -0.1) is 0 Å². The van der Waals surface area contributed by atoms with Gasteiger partial charge in [0.05, 0.1) is 6.17 Å². The summed E-state index contributed by atoms with van der Waals surface area (Å²) in [6.45, 7) is 4.64. The molecule has 2 nitrogen and oxygen atoms in total. The van der Waals surface area contributed by atoms with Crippen molar-refractivity contribution in [2.75, 3.05) is 13.1 Å². The van der Waals surface area contributed by atoms with E-state index in [9.17, 15) is 0 Å². The van der Waals surface area contributed by atoms with Crippen LogP contribution < -0.4 is 5.73 Å². The molecule has 0 aliphatic carbocycles. The molecule has 1 atom stereocenters. The molecule has 1 heterocycles. The van der Waals surface area contributed by atoms with Crippen molar-refractivity contribution in [1.29, 1.82) is 0 Å². The van der Waals surface area contributed by atoms with E-state index in [4.69, 9.17) is 5.73 Å². The van der Waals surface area contributed by atoms with Gasteiger partial charge in [0, 0.05) is 0 Å². The Morgan fingerprint density at radius 1 is 1.27 bits per heavy atom. The Kier molecular flexibility index (Phi) is 3.87. The summed E-state index contributed by atoms with van der Waals surface area (Å²) in [5.41, 5.74) is 5.98. The van der Waals surface area contributed by atoms with Crippen LogP contribution in [0, 0.1) is 0 Å². The topological polar surface area (TPSA) is 29.3 Å². The van der Waals surface area contributed by atoms with Crippen LogP contribution in [0.25, 0.3) is 0 Å². The predicted molar refractivity (Wildman–Crippen MR) is 48.3 cm³/mol. The molecule has 0 radical (unpaired) electrons. The highest BCUT2D eigenvalue weighted by Crippen LogP contribution is 2.11. The Labute approximate surface area is 69.8 Å². The van der Waals surface area contributed by atoms with Gasteiger partial charge >= 0.3 is 0 Å². The van der Waals surface area contributed by atoms with Crippen molar-refractivity contribution in [3.63, 3.8) is 0 Å². The number of hydrogen-bond acceptors (Lipinski definition) is 2. The summed E-state index contributed by atoms with van der Waals surface area (Å²) in [5, 5.41) is 0. The van der Waals surface area contributed by atoms with Crippen LogP contribution >= 0.6 is 0 Å². The van der Waals surface area contributed by atoms with Gasteiger partial charge in [0.25, 0.3) is 0 Å². The first-order chi connectivity index (χ1) is 5.34. The van der Waals surface area contributed by atoms with Crippen molar-refractivity contribution in [2.45, 2.75) is 45.2 Å². The second-order valence-corrected chi connectivity index (χ2v) is 3.45. The van der Waals surface area contributed by atoms with E-state index in [-0.39, 0.29) is 0 Å². The van der Waals surface area contributed by atoms with Crippen molar-refractivity contribution in [2.24, 2.45) is 5.73 Å². The van der Waals surface area contributed by atoms with Gasteiger partial charge in [-0.1, -0.05) is 19.8 Å². The Balaban J connectivity index is 2.21. The SMILES string of the molecule is CCCC(N)N1CCCCC1. The van der Waals surface area contributed by atoms with Gasteiger partial charge in [0.15, 0.2) is 0 Å². The lowest BCUT2D eigenvalue weighted by atomic mass is 10.1. The van der Waals surface area contributed by atoms with Crippen LogP contribution in [0.15, 0.2) is 0 Å². The number of rotatable bonds is 3. The zero-order valence-electron chi connectivity index (χ0n) is 7.55. The second-order valence-electron chi connectivity index (χ2n) is 3.45. The molecule has 1 unspecified atom stereocenters. The molecule has 0 spiro atoms. The summed E-state index contributed by atoms with van der Waals surface area (Å²) < 4.78 is 0. The molecule has 0 bridgehead atoms. The van der Waals surface area contributed by atoms with Gasteiger partial charge in [-0.25, -0.2) is 0 Å². The Hall–Kier alpha value is -0.0800. The third kappa shape index (κ3) is 2.80. The van der Waals surface area contributed by atoms with Gasteiger partial charge in [-0.05, 0) is 32.4 Å². The van der Waals surface area contributed by atoms with Crippen LogP contribution in [0.1, 0.15) is 39.0 Å². The molecular weight excluding hydrogens is 136 g/mol. The van der Waals surface area contributed by atoms with Crippen molar-refractivity contribution in [3.05, 3.63) is 0 Å². The van der Waals surface area contributed by atoms with Crippen molar-refractivity contribution in [1.82, 2.24) is 4.90 Å². The van der Waals surface area contributed by atoms with E-state index in [1.165, 1.54) is 38.8 Å². The molecule has 1 fully saturated rings. The minimum absolute atomic E-state index is 0.334. The molecule has 66 valence electrons. The molecule has 0 aromatic heterocycles. The zero-order valence-corrected chi connectivity index (χ0v) is 7.55. The first kappa shape index (κ1) is 9.01. The van der Waals surface area contributed by atoms with Gasteiger partial charge < -0.3 is 5.73 Å². The molecule has 2 N–H and O–H groups in total. The van der Waals surface area contributed by atoms with Gasteiger partial charge in [-0.2, -0.15) is 0 Å². The lowest BCUT2D eigenvalue weighted by Gasteiger charge is -2.31. The highest BCUT2D eigenvalue weighted by molar-refractivity contribution is 4.69. The van der Waals surface area contributed by atoms with Crippen LogP contribution in [-0.2, 0) is 0 Å². The van der Waals surface area contributed by atoms with E-state index in [0.29, 0.717) is 6.17 Å². The highest BCUT2D eigenvalue weighted by atomic mass is 15.2. The summed E-state index contributed by atoms with van der Waals surface area (Å²) in [7, 11) is 0. The maximum atomic E-state index is 5.98. The quantitative estimate of drug-likeness (QED) is 0.672. The summed E-state index contributed by atoms with van der Waals surface area (Å²) in [6, 6.07) is 0. The van der Waals surface area contributed by atoms with Gasteiger partial charge in [-0.3, -0.25) is 4.90 Å². The minimum Gasteiger partial charge on any atom is -0.316 e. The zero-order chi connectivity index (χ0) is 8.10. The van der Waals surface area contributed by atoms with E-state index in [0.717, 1.165) is 6.42 Å². The summed E-state index contributed by atoms with van der Waals surface area (Å²) in [5.74, 6) is 0. The molecule has 0 aromatic rings. The number of likely N-dealkylation sites (tertiary alicyclic amines) is 1. The summed E-state index contributed by atoms with van der Waals surface area (Å²) in [6.07, 6.45) is 6.78. The molecule has 0 amide bonds. The molecule has 1 rings (SSSR count). The monoisotopic (exact) mass is 156 g/mol. The van der Waals surface area contributed by atoms with Crippen LogP contribution in [0.4, 0.5) is 0 Å². The molecule has 1 aliphatic rings. The number of hydrogen-bond donors (Lipinski definition) is 1. The van der Waals surface area contributed by atoms with Crippen LogP contribution in [0.2, 0.25) is 0 Å². The Morgan fingerprint density at radius 3 is 2.45 bits per heavy atom. The van der Waals surface area contributed by atoms with E-state index in [2.05, 4.69) is 11.8 Å². The lowest BCUT2D eigenvalue weighted by molar-refractivity contribution is 0.158. The summed E-state index contributed by atoms with van der Waals surface area (Å²) in [4.78, 5) is 2.42. The predicted octanol–water partition coefficient (Wildman–Crippen LogP) is 1.56. The van der Waals surface area contributed by atoms with Crippen LogP contribution in [0.5, 0.6) is 0 Å². The second kappa shape index (κ2) is 4.73. The molecule has 1 saturated heterocycles. The smallest absolute Gasteiger partial charge is 0.0571 e. The molecule has 2 heteroatoms. The fraction of sp³-hybridized carbons (Fsp3) is 1.00. The molecule has 0 saturated carbocycles. The van der Waals surface area contributed by atoms with Gasteiger partial charge in [0.2, 0.25) is 0 Å². The van der Waals surface area contributed by atoms with Crippen molar-refractivity contribution in [3.8, 4) is 0 Å². The standard InChI is InChI=1S/C9H20N2/c1-2-6-9(10)11-7-4-3-5-8-11/h9H,2-8,10H2,1H3. The van der Waals surface area contributed by atoms with E-state index < -0.39 is 0 Å². The number of nitrogens with zero attached hydrogens (tertiary/aromatic N) is 1. The minimum atomic E-state index is 0.334. The molecule has 0 aromatic carbocycles.